The highest BCUT2D eigenvalue weighted by Gasteiger charge is 2.11. The van der Waals surface area contributed by atoms with Crippen molar-refractivity contribution in [2.24, 2.45) is 0 Å². The van der Waals surface area contributed by atoms with Gasteiger partial charge in [0.1, 0.15) is 16.8 Å². The largest absolute Gasteiger partial charge is 0.490 e. The first-order chi connectivity index (χ1) is 13.4. The van der Waals surface area contributed by atoms with Crippen LogP contribution in [0.1, 0.15) is 16.8 Å². The van der Waals surface area contributed by atoms with Crippen molar-refractivity contribution in [3.8, 4) is 11.5 Å². The quantitative estimate of drug-likeness (QED) is 0.371. The SMILES string of the molecule is O=C(NCCCOc1c(Cl)cc(OCC=C(Cl)Cl)cc1Cl)c1ccc(Br)cc1. The molecule has 1 amide bonds. The third-order valence-electron chi connectivity index (χ3n) is 3.42. The van der Waals surface area contributed by atoms with Crippen molar-refractivity contribution >= 4 is 68.2 Å². The van der Waals surface area contributed by atoms with Gasteiger partial charge in [0.05, 0.1) is 16.7 Å². The molecule has 0 saturated heterocycles. The van der Waals surface area contributed by atoms with Crippen molar-refractivity contribution in [2.45, 2.75) is 6.42 Å². The summed E-state index contributed by atoms with van der Waals surface area (Å²) in [5.74, 6) is 0.687. The van der Waals surface area contributed by atoms with Crippen LogP contribution in [-0.2, 0) is 0 Å². The first-order valence-electron chi connectivity index (χ1n) is 8.16. The first kappa shape index (κ1) is 23.2. The van der Waals surface area contributed by atoms with E-state index in [2.05, 4.69) is 21.2 Å². The van der Waals surface area contributed by atoms with Gasteiger partial charge in [-0.05, 0) is 36.8 Å². The number of carbonyl (C=O) groups excluding carboxylic acids is 1. The minimum absolute atomic E-state index is 0.115. The third kappa shape index (κ3) is 7.72. The summed E-state index contributed by atoms with van der Waals surface area (Å²) >= 11 is 26.8. The summed E-state index contributed by atoms with van der Waals surface area (Å²) in [6, 6.07) is 10.3. The first-order valence-corrected chi connectivity index (χ1v) is 10.5. The molecule has 0 unspecified atom stereocenters. The second-order valence-corrected chi connectivity index (χ2v) is 8.22. The molecule has 0 radical (unpaired) electrons. The monoisotopic (exact) mass is 525 g/mol. The zero-order valence-electron chi connectivity index (χ0n) is 14.5. The van der Waals surface area contributed by atoms with Gasteiger partial charge >= 0.3 is 0 Å². The zero-order valence-corrected chi connectivity index (χ0v) is 19.1. The minimum atomic E-state index is -0.142. The van der Waals surface area contributed by atoms with E-state index in [4.69, 9.17) is 55.9 Å². The molecule has 150 valence electrons. The highest BCUT2D eigenvalue weighted by atomic mass is 79.9. The maximum atomic E-state index is 12.0. The van der Waals surface area contributed by atoms with E-state index < -0.39 is 0 Å². The number of hydrogen-bond donors (Lipinski definition) is 1. The Labute approximate surface area is 191 Å². The van der Waals surface area contributed by atoms with Crippen LogP contribution >= 0.6 is 62.3 Å². The van der Waals surface area contributed by atoms with Gasteiger partial charge < -0.3 is 14.8 Å². The maximum absolute atomic E-state index is 12.0. The molecule has 4 nitrogen and oxygen atoms in total. The van der Waals surface area contributed by atoms with Gasteiger partial charge in [-0.2, -0.15) is 0 Å². The molecule has 0 atom stereocenters. The van der Waals surface area contributed by atoms with Gasteiger partial charge in [-0.25, -0.2) is 0 Å². The van der Waals surface area contributed by atoms with Crippen LogP contribution in [0.4, 0.5) is 0 Å². The number of hydrogen-bond acceptors (Lipinski definition) is 3. The number of nitrogens with one attached hydrogen (secondary N) is 1. The van der Waals surface area contributed by atoms with Crippen LogP contribution in [0.5, 0.6) is 11.5 Å². The lowest BCUT2D eigenvalue weighted by Crippen LogP contribution is -2.25. The topological polar surface area (TPSA) is 47.6 Å². The number of amides is 1. The van der Waals surface area contributed by atoms with Crippen LogP contribution < -0.4 is 14.8 Å². The molecule has 0 aliphatic rings. The van der Waals surface area contributed by atoms with E-state index in [-0.39, 0.29) is 17.0 Å². The molecular weight excluding hydrogens is 512 g/mol. The molecule has 0 heterocycles. The number of carbonyl (C=O) groups is 1. The minimum Gasteiger partial charge on any atom is -0.490 e. The lowest BCUT2D eigenvalue weighted by Gasteiger charge is -2.12. The predicted octanol–water partition coefficient (Wildman–Crippen LogP) is 6.65. The summed E-state index contributed by atoms with van der Waals surface area (Å²) in [5, 5.41) is 3.47. The van der Waals surface area contributed by atoms with E-state index >= 15 is 0 Å². The second-order valence-electron chi connectivity index (χ2n) is 5.49. The van der Waals surface area contributed by atoms with Crippen LogP contribution in [0.25, 0.3) is 0 Å². The van der Waals surface area contributed by atoms with Gasteiger partial charge in [-0.3, -0.25) is 4.79 Å². The van der Waals surface area contributed by atoms with Crippen molar-refractivity contribution in [2.75, 3.05) is 19.8 Å². The van der Waals surface area contributed by atoms with E-state index in [9.17, 15) is 4.79 Å². The lowest BCUT2D eigenvalue weighted by molar-refractivity contribution is 0.0951. The molecule has 9 heteroatoms. The van der Waals surface area contributed by atoms with Crippen molar-refractivity contribution < 1.29 is 14.3 Å². The number of benzene rings is 2. The highest BCUT2D eigenvalue weighted by molar-refractivity contribution is 9.10. The van der Waals surface area contributed by atoms with E-state index in [0.29, 0.717) is 46.7 Å². The Kier molecular flexibility index (Phi) is 9.75. The summed E-state index contributed by atoms with van der Waals surface area (Å²) in [6.07, 6.45) is 2.09. The van der Waals surface area contributed by atoms with Gasteiger partial charge in [0.15, 0.2) is 5.75 Å². The summed E-state index contributed by atoms with van der Waals surface area (Å²) in [4.78, 5) is 12.0. The molecule has 0 bridgehead atoms. The van der Waals surface area contributed by atoms with Crippen molar-refractivity contribution in [3.63, 3.8) is 0 Å². The number of rotatable bonds is 9. The molecule has 2 aromatic rings. The fraction of sp³-hybridized carbons (Fsp3) is 0.211. The van der Waals surface area contributed by atoms with Gasteiger partial charge in [-0.15, -0.1) is 0 Å². The van der Waals surface area contributed by atoms with E-state index in [0.717, 1.165) is 4.47 Å². The van der Waals surface area contributed by atoms with Gasteiger partial charge in [-0.1, -0.05) is 62.3 Å². The van der Waals surface area contributed by atoms with Crippen molar-refractivity contribution in [1.29, 1.82) is 0 Å². The Morgan fingerprint density at radius 3 is 2.32 bits per heavy atom. The molecule has 0 aliphatic carbocycles. The average Bonchev–Trinajstić information content (AvgIpc) is 2.63. The molecular formula is C19H16BrCl4NO3. The smallest absolute Gasteiger partial charge is 0.251 e. The number of halogens is 5. The van der Waals surface area contributed by atoms with Gasteiger partial charge in [0.2, 0.25) is 0 Å². The van der Waals surface area contributed by atoms with Gasteiger partial charge in [0.25, 0.3) is 5.91 Å². The van der Waals surface area contributed by atoms with Gasteiger partial charge in [0, 0.05) is 28.7 Å². The van der Waals surface area contributed by atoms with E-state index in [1.165, 1.54) is 6.08 Å². The second kappa shape index (κ2) is 11.8. The standard InChI is InChI=1S/C19H16BrCl4NO3/c20-13-4-2-12(3-5-13)19(26)25-7-1-8-28-18-15(21)10-14(11-16(18)22)27-9-6-17(23)24/h2-6,10-11H,1,7-9H2,(H,25,26). The summed E-state index contributed by atoms with van der Waals surface area (Å²) in [5.41, 5.74) is 0.594. The summed E-state index contributed by atoms with van der Waals surface area (Å²) < 4.78 is 12.1. The van der Waals surface area contributed by atoms with Crippen LogP contribution in [-0.4, -0.2) is 25.7 Å². The van der Waals surface area contributed by atoms with Crippen molar-refractivity contribution in [3.05, 3.63) is 67.0 Å². The Balaban J connectivity index is 1.78. The maximum Gasteiger partial charge on any atom is 0.251 e. The molecule has 0 saturated carbocycles. The Hall–Kier alpha value is -1.11. The Bertz CT molecular complexity index is 817. The predicted molar refractivity (Wildman–Crippen MR) is 118 cm³/mol. The molecule has 0 aliphatic heterocycles. The van der Waals surface area contributed by atoms with Crippen molar-refractivity contribution in [1.82, 2.24) is 5.32 Å². The Morgan fingerprint density at radius 2 is 1.71 bits per heavy atom. The van der Waals surface area contributed by atoms with Crippen LogP contribution in [0.15, 0.2) is 51.4 Å². The highest BCUT2D eigenvalue weighted by Crippen LogP contribution is 2.37. The van der Waals surface area contributed by atoms with Crippen LogP contribution in [0.2, 0.25) is 10.0 Å². The van der Waals surface area contributed by atoms with Crippen LogP contribution in [0.3, 0.4) is 0 Å². The van der Waals surface area contributed by atoms with E-state index in [1.807, 2.05) is 12.1 Å². The molecule has 28 heavy (non-hydrogen) atoms. The zero-order chi connectivity index (χ0) is 20.5. The Morgan fingerprint density at radius 1 is 1.07 bits per heavy atom. The third-order valence-corrected chi connectivity index (χ3v) is 4.82. The average molecular weight is 528 g/mol. The molecule has 0 aromatic heterocycles. The van der Waals surface area contributed by atoms with Crippen LogP contribution in [0, 0.1) is 0 Å². The fourth-order valence-corrected chi connectivity index (χ4v) is 3.08. The molecule has 2 aromatic carbocycles. The normalized spacial score (nSPS) is 10.3. The van der Waals surface area contributed by atoms with E-state index in [1.54, 1.807) is 24.3 Å². The number of ether oxygens (including phenoxy) is 2. The molecule has 0 fully saturated rings. The molecule has 0 spiro atoms. The fourth-order valence-electron chi connectivity index (χ4n) is 2.11. The molecule has 2 rings (SSSR count). The summed E-state index contributed by atoms with van der Waals surface area (Å²) in [6.45, 7) is 0.981. The molecule has 1 N–H and O–H groups in total. The summed E-state index contributed by atoms with van der Waals surface area (Å²) in [7, 11) is 0. The lowest BCUT2D eigenvalue weighted by atomic mass is 10.2.